The number of piperazine rings is 1. The van der Waals surface area contributed by atoms with E-state index in [1.54, 1.807) is 30.1 Å². The van der Waals surface area contributed by atoms with E-state index in [0.29, 0.717) is 11.6 Å². The summed E-state index contributed by atoms with van der Waals surface area (Å²) in [5, 5.41) is 3.55. The smallest absolute Gasteiger partial charge is 0.255 e. The second-order valence-electron chi connectivity index (χ2n) is 6.44. The number of pyridine rings is 1. The van der Waals surface area contributed by atoms with Crippen molar-refractivity contribution in [1.29, 1.82) is 0 Å². The molecule has 1 saturated heterocycles. The average Bonchev–Trinajstić information content (AvgIpc) is 2.71. The molecule has 1 aromatic carbocycles. The van der Waals surface area contributed by atoms with Gasteiger partial charge in [0.15, 0.2) is 0 Å². The number of benzene rings is 1. The number of nitrogens with zero attached hydrogens (tertiary/aromatic N) is 4. The Bertz CT molecular complexity index is 946. The molecule has 3 aromatic rings. The summed E-state index contributed by atoms with van der Waals surface area (Å²) in [5.74, 6) is 0.701. The first-order valence-corrected chi connectivity index (χ1v) is 8.74. The van der Waals surface area contributed by atoms with E-state index in [4.69, 9.17) is 4.98 Å². The van der Waals surface area contributed by atoms with Crippen LogP contribution in [0.1, 0.15) is 11.6 Å². The fourth-order valence-corrected chi connectivity index (χ4v) is 3.32. The van der Waals surface area contributed by atoms with Crippen molar-refractivity contribution in [3.63, 3.8) is 0 Å². The van der Waals surface area contributed by atoms with Crippen LogP contribution in [0, 0.1) is 0 Å². The number of anilines is 1. The molecule has 1 aliphatic heterocycles. The summed E-state index contributed by atoms with van der Waals surface area (Å²) in [6.07, 6.45) is 3.43. The van der Waals surface area contributed by atoms with Gasteiger partial charge in [0.05, 0.1) is 5.69 Å². The predicted octanol–water partition coefficient (Wildman–Crippen LogP) is 2.42. The summed E-state index contributed by atoms with van der Waals surface area (Å²) in [6.45, 7) is 2.42. The van der Waals surface area contributed by atoms with E-state index in [1.165, 1.54) is 5.56 Å². The van der Waals surface area contributed by atoms with E-state index in [-0.39, 0.29) is 24.0 Å². The van der Waals surface area contributed by atoms with Gasteiger partial charge in [-0.15, -0.1) is 12.4 Å². The lowest BCUT2D eigenvalue weighted by atomic mass is 10.0. The molecule has 3 heterocycles. The maximum Gasteiger partial charge on any atom is 0.255 e. The highest BCUT2D eigenvalue weighted by molar-refractivity contribution is 5.85. The van der Waals surface area contributed by atoms with Gasteiger partial charge in [0.2, 0.25) is 5.95 Å². The van der Waals surface area contributed by atoms with Gasteiger partial charge in [0.1, 0.15) is 0 Å². The van der Waals surface area contributed by atoms with Crippen LogP contribution in [-0.2, 0) is 7.05 Å². The molecule has 6 nitrogen and oxygen atoms in total. The van der Waals surface area contributed by atoms with Gasteiger partial charge in [-0.25, -0.2) is 4.98 Å². The van der Waals surface area contributed by atoms with Crippen LogP contribution in [0.3, 0.4) is 0 Å². The minimum absolute atomic E-state index is 0. The lowest BCUT2D eigenvalue weighted by Crippen LogP contribution is -2.47. The van der Waals surface area contributed by atoms with E-state index in [2.05, 4.69) is 27.3 Å². The fourth-order valence-electron chi connectivity index (χ4n) is 3.32. The molecule has 0 aliphatic carbocycles. The number of nitrogens with one attached hydrogen (secondary N) is 1. The Morgan fingerprint density at radius 3 is 2.59 bits per heavy atom. The van der Waals surface area contributed by atoms with Gasteiger partial charge in [0.25, 0.3) is 5.56 Å². The molecule has 0 spiro atoms. The summed E-state index contributed by atoms with van der Waals surface area (Å²) in [5.41, 5.74) is 2.76. The van der Waals surface area contributed by atoms with Crippen molar-refractivity contribution in [1.82, 2.24) is 19.9 Å². The topological polar surface area (TPSA) is 63.1 Å². The average molecular weight is 384 g/mol. The molecule has 1 fully saturated rings. The van der Waals surface area contributed by atoms with Crippen LogP contribution < -0.4 is 15.8 Å². The molecule has 140 valence electrons. The molecule has 1 aliphatic rings. The third-order valence-corrected chi connectivity index (χ3v) is 4.75. The van der Waals surface area contributed by atoms with Gasteiger partial charge in [0, 0.05) is 56.7 Å². The van der Waals surface area contributed by atoms with Crippen molar-refractivity contribution in [2.45, 2.75) is 6.04 Å². The van der Waals surface area contributed by atoms with Gasteiger partial charge in [-0.3, -0.25) is 14.3 Å². The normalized spacial score (nSPS) is 16.6. The SMILES string of the molecule is Cl.Cn1c(N2CCNC(c3ccccc3)C2)nc(-c2ccncc2)cc1=O. The maximum absolute atomic E-state index is 12.5. The molecule has 4 rings (SSSR count). The monoisotopic (exact) mass is 383 g/mol. The van der Waals surface area contributed by atoms with Crippen LogP contribution in [0.25, 0.3) is 11.3 Å². The first-order valence-electron chi connectivity index (χ1n) is 8.74. The Balaban J connectivity index is 0.00000210. The number of rotatable bonds is 3. The van der Waals surface area contributed by atoms with Crippen LogP contribution in [0.2, 0.25) is 0 Å². The molecular formula is C20H22ClN5O. The zero-order valence-corrected chi connectivity index (χ0v) is 15.9. The van der Waals surface area contributed by atoms with Crippen molar-refractivity contribution >= 4 is 18.4 Å². The van der Waals surface area contributed by atoms with Crippen LogP contribution in [0.5, 0.6) is 0 Å². The molecule has 1 N–H and O–H groups in total. The van der Waals surface area contributed by atoms with Gasteiger partial charge < -0.3 is 10.2 Å². The summed E-state index contributed by atoms with van der Waals surface area (Å²) >= 11 is 0. The van der Waals surface area contributed by atoms with Crippen LogP contribution in [0.4, 0.5) is 5.95 Å². The quantitative estimate of drug-likeness (QED) is 0.752. The summed E-state index contributed by atoms with van der Waals surface area (Å²) < 4.78 is 1.62. The van der Waals surface area contributed by atoms with Crippen LogP contribution in [-0.4, -0.2) is 34.2 Å². The zero-order chi connectivity index (χ0) is 17.9. The molecule has 2 aromatic heterocycles. The fraction of sp³-hybridized carbons (Fsp3) is 0.250. The molecule has 1 atom stereocenters. The number of hydrogen-bond acceptors (Lipinski definition) is 5. The first-order chi connectivity index (χ1) is 12.7. The number of halogens is 1. The van der Waals surface area contributed by atoms with E-state index in [0.717, 1.165) is 25.2 Å². The third kappa shape index (κ3) is 4.02. The maximum atomic E-state index is 12.5. The highest BCUT2D eigenvalue weighted by Gasteiger charge is 2.23. The van der Waals surface area contributed by atoms with Crippen LogP contribution in [0.15, 0.2) is 65.7 Å². The molecule has 0 radical (unpaired) electrons. The number of aromatic nitrogens is 3. The molecule has 0 amide bonds. The lowest BCUT2D eigenvalue weighted by Gasteiger charge is -2.35. The molecule has 27 heavy (non-hydrogen) atoms. The lowest BCUT2D eigenvalue weighted by molar-refractivity contribution is 0.462. The molecular weight excluding hydrogens is 362 g/mol. The second kappa shape index (κ2) is 8.33. The minimum atomic E-state index is -0.0587. The second-order valence-corrected chi connectivity index (χ2v) is 6.44. The van der Waals surface area contributed by atoms with Crippen molar-refractivity contribution in [2.75, 3.05) is 24.5 Å². The number of hydrogen-bond donors (Lipinski definition) is 1. The van der Waals surface area contributed by atoms with Gasteiger partial charge in [-0.1, -0.05) is 30.3 Å². The predicted molar refractivity (Wildman–Crippen MR) is 109 cm³/mol. The minimum Gasteiger partial charge on any atom is -0.339 e. The van der Waals surface area contributed by atoms with Crippen LogP contribution >= 0.6 is 12.4 Å². The van der Waals surface area contributed by atoms with Gasteiger partial charge >= 0.3 is 0 Å². The van der Waals surface area contributed by atoms with Crippen molar-refractivity contribution in [2.24, 2.45) is 7.05 Å². The zero-order valence-electron chi connectivity index (χ0n) is 15.1. The van der Waals surface area contributed by atoms with Gasteiger partial charge in [-0.05, 0) is 17.7 Å². The highest BCUT2D eigenvalue weighted by Crippen LogP contribution is 2.22. The van der Waals surface area contributed by atoms with E-state index in [9.17, 15) is 4.79 Å². The Labute approximate surface area is 164 Å². The Kier molecular flexibility index (Phi) is 5.88. The highest BCUT2D eigenvalue weighted by atomic mass is 35.5. The Morgan fingerprint density at radius 2 is 1.85 bits per heavy atom. The molecule has 0 saturated carbocycles. The summed E-state index contributed by atoms with van der Waals surface area (Å²) in [4.78, 5) is 23.5. The largest absolute Gasteiger partial charge is 0.339 e. The van der Waals surface area contributed by atoms with Crippen molar-refractivity contribution in [3.8, 4) is 11.3 Å². The standard InChI is InChI=1S/C20H21N5O.ClH/c1-24-19(26)13-17(16-7-9-21-10-8-16)23-20(24)25-12-11-22-18(14-25)15-5-3-2-4-6-15;/h2-10,13,18,22H,11-12,14H2,1H3;1H. The first kappa shape index (κ1) is 19.1. The molecule has 1 unspecified atom stereocenters. The van der Waals surface area contributed by atoms with Crippen molar-refractivity contribution in [3.05, 3.63) is 76.8 Å². The van der Waals surface area contributed by atoms with E-state index < -0.39 is 0 Å². The third-order valence-electron chi connectivity index (χ3n) is 4.75. The summed E-state index contributed by atoms with van der Waals surface area (Å²) in [6, 6.07) is 15.9. The van der Waals surface area contributed by atoms with Gasteiger partial charge in [-0.2, -0.15) is 0 Å². The van der Waals surface area contributed by atoms with Crippen molar-refractivity contribution < 1.29 is 0 Å². The Hall–Kier alpha value is -2.70. The van der Waals surface area contributed by atoms with E-state index in [1.807, 2.05) is 30.3 Å². The molecule has 7 heteroatoms. The summed E-state index contributed by atoms with van der Waals surface area (Å²) in [7, 11) is 1.78. The Morgan fingerprint density at radius 1 is 1.11 bits per heavy atom. The molecule has 0 bridgehead atoms. The van der Waals surface area contributed by atoms with E-state index >= 15 is 0 Å².